The molecule has 1 atom stereocenters. The number of carbonyl (C=O) groups is 1. The molecule has 0 spiro atoms. The number of hydrogen-bond donors (Lipinski definition) is 2. The molecule has 0 aromatic heterocycles. The Hall–Kier alpha value is -1.90. The van der Waals surface area contributed by atoms with Crippen molar-refractivity contribution < 1.29 is 22.7 Å². The maximum absolute atomic E-state index is 14.5. The van der Waals surface area contributed by atoms with Crippen LogP contribution < -0.4 is 10.7 Å². The van der Waals surface area contributed by atoms with Gasteiger partial charge in [-0.3, -0.25) is 15.5 Å². The minimum atomic E-state index is -2.81. The smallest absolute Gasteiger partial charge is 0.267 e. The van der Waals surface area contributed by atoms with E-state index >= 15 is 0 Å². The third kappa shape index (κ3) is 4.10. The number of amides is 1. The van der Waals surface area contributed by atoms with Gasteiger partial charge in [-0.25, -0.2) is 13.2 Å². The summed E-state index contributed by atoms with van der Waals surface area (Å²) in [5.74, 6) is -0.927. The summed E-state index contributed by atoms with van der Waals surface area (Å²) >= 11 is 0.972. The molecule has 2 N–H and O–H groups in total. The highest BCUT2D eigenvalue weighted by Crippen LogP contribution is 2.34. The maximum atomic E-state index is 14.5. The summed E-state index contributed by atoms with van der Waals surface area (Å²) in [6.07, 6.45) is -3.03. The lowest BCUT2D eigenvalue weighted by Gasteiger charge is -2.15. The minimum absolute atomic E-state index is 0.192. The van der Waals surface area contributed by atoms with Crippen LogP contribution in [0.1, 0.15) is 42.6 Å². The van der Waals surface area contributed by atoms with E-state index < -0.39 is 30.1 Å². The first-order chi connectivity index (χ1) is 10.9. The number of nitrogens with zero attached hydrogens (tertiary/aromatic N) is 1. The van der Waals surface area contributed by atoms with E-state index in [0.29, 0.717) is 18.1 Å². The average molecular weight is 347 g/mol. The molecule has 1 unspecified atom stereocenters. The summed E-state index contributed by atoms with van der Waals surface area (Å²) in [6, 6.07) is 2.12. The Morgan fingerprint density at radius 3 is 2.83 bits per heavy atom. The maximum Gasteiger partial charge on any atom is 0.267 e. The Morgan fingerprint density at radius 2 is 2.26 bits per heavy atom. The van der Waals surface area contributed by atoms with E-state index in [-0.39, 0.29) is 10.5 Å². The van der Waals surface area contributed by atoms with Gasteiger partial charge in [0.25, 0.3) is 18.7 Å². The van der Waals surface area contributed by atoms with Crippen LogP contribution >= 0.6 is 11.8 Å². The Bertz CT molecular complexity index is 626. The van der Waals surface area contributed by atoms with Crippen molar-refractivity contribution >= 4 is 23.6 Å². The van der Waals surface area contributed by atoms with E-state index in [1.165, 1.54) is 0 Å². The monoisotopic (exact) mass is 347 g/mol. The number of thioether (sulfide) groups is 1. The summed E-state index contributed by atoms with van der Waals surface area (Å²) in [5, 5.41) is 6.09. The molecule has 126 valence electrons. The van der Waals surface area contributed by atoms with Crippen molar-refractivity contribution in [3.63, 3.8) is 0 Å². The van der Waals surface area contributed by atoms with Gasteiger partial charge in [-0.05, 0) is 18.2 Å². The topological polar surface area (TPSA) is 62.7 Å². The van der Waals surface area contributed by atoms with E-state index in [1.54, 1.807) is 6.92 Å². The van der Waals surface area contributed by atoms with Gasteiger partial charge in [0, 0.05) is 12.5 Å². The van der Waals surface area contributed by atoms with Crippen molar-refractivity contribution in [2.75, 3.05) is 5.75 Å². The third-order valence-corrected chi connectivity index (χ3v) is 4.26. The SMILES string of the molecule is CCCSc1c(C(F)F)ccc(C(=O)NC2NN=C(C)O2)c1F. The molecule has 23 heavy (non-hydrogen) atoms. The van der Waals surface area contributed by atoms with Gasteiger partial charge in [0.15, 0.2) is 0 Å². The van der Waals surface area contributed by atoms with Gasteiger partial charge in [0.2, 0.25) is 5.90 Å². The first kappa shape index (κ1) is 17.5. The highest BCUT2D eigenvalue weighted by molar-refractivity contribution is 7.99. The second kappa shape index (κ2) is 7.58. The van der Waals surface area contributed by atoms with Crippen molar-refractivity contribution in [3.8, 4) is 0 Å². The molecule has 5 nitrogen and oxygen atoms in total. The molecular formula is C14H16F3N3O2S. The van der Waals surface area contributed by atoms with E-state index in [1.807, 2.05) is 6.92 Å². The highest BCUT2D eigenvalue weighted by atomic mass is 32.2. The van der Waals surface area contributed by atoms with Gasteiger partial charge in [-0.15, -0.1) is 16.9 Å². The number of benzene rings is 1. The Kier molecular flexibility index (Phi) is 5.75. The van der Waals surface area contributed by atoms with Gasteiger partial charge in [0.1, 0.15) is 5.82 Å². The molecule has 0 saturated heterocycles. The first-order valence-corrected chi connectivity index (χ1v) is 7.93. The second-order valence-corrected chi connectivity index (χ2v) is 5.83. The lowest BCUT2D eigenvalue weighted by atomic mass is 10.1. The molecule has 1 aliphatic heterocycles. The fourth-order valence-corrected chi connectivity index (χ4v) is 2.87. The van der Waals surface area contributed by atoms with Crippen molar-refractivity contribution in [1.82, 2.24) is 10.7 Å². The number of alkyl halides is 2. The summed E-state index contributed by atoms with van der Waals surface area (Å²) in [5.41, 5.74) is 1.76. The van der Waals surface area contributed by atoms with Crippen LogP contribution in [0.4, 0.5) is 13.2 Å². The molecule has 0 bridgehead atoms. The second-order valence-electron chi connectivity index (χ2n) is 4.73. The molecule has 1 aliphatic rings. The zero-order chi connectivity index (χ0) is 17.0. The van der Waals surface area contributed by atoms with Crippen LogP contribution in [-0.2, 0) is 4.74 Å². The number of carbonyl (C=O) groups excluding carboxylic acids is 1. The fourth-order valence-electron chi connectivity index (χ4n) is 1.90. The largest absolute Gasteiger partial charge is 0.436 e. The standard InChI is InChI=1S/C14H16F3N3O2S/c1-3-6-23-11-9(12(16)17)5-4-8(10(11)15)13(21)18-14-20-19-7(2)22-14/h4-5,12,14,20H,3,6H2,1-2H3,(H,18,21). The van der Waals surface area contributed by atoms with Crippen molar-refractivity contribution in [2.24, 2.45) is 5.10 Å². The van der Waals surface area contributed by atoms with Crippen LogP contribution in [0.5, 0.6) is 0 Å². The third-order valence-electron chi connectivity index (χ3n) is 2.95. The summed E-state index contributed by atoms with van der Waals surface area (Å²) < 4.78 is 45.6. The van der Waals surface area contributed by atoms with Crippen molar-refractivity contribution in [3.05, 3.63) is 29.1 Å². The van der Waals surface area contributed by atoms with Crippen LogP contribution in [0.15, 0.2) is 22.1 Å². The molecule has 2 rings (SSSR count). The number of nitrogens with one attached hydrogen (secondary N) is 2. The summed E-state index contributed by atoms with van der Waals surface area (Å²) in [6.45, 7) is 3.44. The van der Waals surface area contributed by atoms with Crippen molar-refractivity contribution in [1.29, 1.82) is 0 Å². The van der Waals surface area contributed by atoms with Gasteiger partial charge in [-0.2, -0.15) is 0 Å². The molecule has 1 aromatic rings. The normalized spacial score (nSPS) is 16.8. The van der Waals surface area contributed by atoms with E-state index in [2.05, 4.69) is 15.8 Å². The van der Waals surface area contributed by atoms with Crippen molar-refractivity contribution in [2.45, 2.75) is 37.9 Å². The zero-order valence-corrected chi connectivity index (χ0v) is 13.3. The number of halogens is 3. The molecule has 0 aliphatic carbocycles. The van der Waals surface area contributed by atoms with E-state index in [9.17, 15) is 18.0 Å². The molecule has 0 radical (unpaired) electrons. The van der Waals surface area contributed by atoms with E-state index in [4.69, 9.17) is 4.74 Å². The molecule has 0 fully saturated rings. The molecule has 1 aromatic carbocycles. The Labute approximate surface area is 135 Å². The average Bonchev–Trinajstić information content (AvgIpc) is 2.90. The number of hydrogen-bond acceptors (Lipinski definition) is 5. The van der Waals surface area contributed by atoms with Gasteiger partial charge >= 0.3 is 0 Å². The van der Waals surface area contributed by atoms with E-state index in [0.717, 1.165) is 23.9 Å². The minimum Gasteiger partial charge on any atom is -0.436 e. The Balaban J connectivity index is 2.22. The Morgan fingerprint density at radius 1 is 1.52 bits per heavy atom. The molecular weight excluding hydrogens is 331 g/mol. The predicted molar refractivity (Wildman–Crippen MR) is 81.0 cm³/mol. The predicted octanol–water partition coefficient (Wildman–Crippen LogP) is 3.23. The van der Waals surface area contributed by atoms with Gasteiger partial charge in [-0.1, -0.05) is 13.0 Å². The van der Waals surface area contributed by atoms with Gasteiger partial charge < -0.3 is 4.74 Å². The summed E-state index contributed by atoms with van der Waals surface area (Å²) in [7, 11) is 0. The molecule has 1 heterocycles. The quantitative estimate of drug-likeness (QED) is 0.776. The number of hydrazone groups is 1. The van der Waals surface area contributed by atoms with Crippen LogP contribution in [0.25, 0.3) is 0 Å². The summed E-state index contributed by atoms with van der Waals surface area (Å²) in [4.78, 5) is 11.9. The van der Waals surface area contributed by atoms with Gasteiger partial charge in [0.05, 0.1) is 10.5 Å². The lowest BCUT2D eigenvalue weighted by Crippen LogP contribution is -2.42. The van der Waals surface area contributed by atoms with Crippen LogP contribution in [0.3, 0.4) is 0 Å². The molecule has 0 saturated carbocycles. The van der Waals surface area contributed by atoms with Crippen LogP contribution in [0, 0.1) is 5.82 Å². The van der Waals surface area contributed by atoms with Crippen LogP contribution in [0.2, 0.25) is 0 Å². The zero-order valence-electron chi connectivity index (χ0n) is 12.5. The number of ether oxygens (including phenoxy) is 1. The van der Waals surface area contributed by atoms with Crippen LogP contribution in [-0.4, -0.2) is 23.9 Å². The number of rotatable bonds is 6. The first-order valence-electron chi connectivity index (χ1n) is 6.94. The highest BCUT2D eigenvalue weighted by Gasteiger charge is 2.25. The lowest BCUT2D eigenvalue weighted by molar-refractivity contribution is 0.0793. The molecule has 9 heteroatoms. The fraction of sp³-hybridized carbons (Fsp3) is 0.429. The molecule has 1 amide bonds.